The third-order valence-corrected chi connectivity index (χ3v) is 3.15. The third kappa shape index (κ3) is 3.46. The van der Waals surface area contributed by atoms with Gasteiger partial charge in [-0.3, -0.25) is 4.79 Å². The standard InChI is InChI=1S/C17H16N2O/c1-12-3-4-13(2)15(9-12)10-17(20)19-16-7-5-14(11-18)6-8-16/h3-9H,10H2,1-2H3,(H,19,20). The predicted molar refractivity (Wildman–Crippen MR) is 79.4 cm³/mol. The van der Waals surface area contributed by atoms with Gasteiger partial charge in [0.05, 0.1) is 18.1 Å². The van der Waals surface area contributed by atoms with Gasteiger partial charge in [-0.15, -0.1) is 0 Å². The van der Waals surface area contributed by atoms with E-state index < -0.39 is 0 Å². The summed E-state index contributed by atoms with van der Waals surface area (Å²) in [6, 6.07) is 15.0. The highest BCUT2D eigenvalue weighted by atomic mass is 16.1. The summed E-state index contributed by atoms with van der Waals surface area (Å²) >= 11 is 0. The van der Waals surface area contributed by atoms with Crippen LogP contribution in [0.2, 0.25) is 0 Å². The molecule has 3 nitrogen and oxygen atoms in total. The van der Waals surface area contributed by atoms with Gasteiger partial charge >= 0.3 is 0 Å². The molecule has 20 heavy (non-hydrogen) atoms. The maximum absolute atomic E-state index is 12.0. The lowest BCUT2D eigenvalue weighted by Gasteiger charge is -2.08. The summed E-state index contributed by atoms with van der Waals surface area (Å²) < 4.78 is 0. The predicted octanol–water partition coefficient (Wildman–Crippen LogP) is 3.36. The van der Waals surface area contributed by atoms with Crippen LogP contribution < -0.4 is 5.32 Å². The first-order chi connectivity index (χ1) is 9.58. The molecule has 1 N–H and O–H groups in total. The van der Waals surface area contributed by atoms with Crippen molar-refractivity contribution in [2.24, 2.45) is 0 Å². The van der Waals surface area contributed by atoms with Gasteiger partial charge in [-0.05, 0) is 49.2 Å². The van der Waals surface area contributed by atoms with Crippen LogP contribution in [-0.4, -0.2) is 5.91 Å². The van der Waals surface area contributed by atoms with Gasteiger partial charge in [-0.2, -0.15) is 5.26 Å². The molecule has 0 fully saturated rings. The number of carbonyl (C=O) groups is 1. The Morgan fingerprint density at radius 3 is 2.50 bits per heavy atom. The van der Waals surface area contributed by atoms with Crippen LogP contribution in [0.1, 0.15) is 22.3 Å². The molecule has 0 spiro atoms. The molecule has 0 unspecified atom stereocenters. The quantitative estimate of drug-likeness (QED) is 0.924. The molecule has 0 radical (unpaired) electrons. The molecule has 0 heterocycles. The van der Waals surface area contributed by atoms with Crippen LogP contribution >= 0.6 is 0 Å². The van der Waals surface area contributed by atoms with Crippen molar-refractivity contribution in [3.8, 4) is 6.07 Å². The first-order valence-corrected chi connectivity index (χ1v) is 6.44. The molecule has 2 aromatic rings. The molecule has 100 valence electrons. The smallest absolute Gasteiger partial charge is 0.228 e. The number of anilines is 1. The summed E-state index contributed by atoms with van der Waals surface area (Å²) in [5.41, 5.74) is 4.59. The van der Waals surface area contributed by atoms with E-state index >= 15 is 0 Å². The van der Waals surface area contributed by atoms with E-state index in [0.29, 0.717) is 17.7 Å². The topological polar surface area (TPSA) is 52.9 Å². The Morgan fingerprint density at radius 1 is 1.15 bits per heavy atom. The zero-order valence-corrected chi connectivity index (χ0v) is 11.6. The van der Waals surface area contributed by atoms with Gasteiger partial charge in [0.1, 0.15) is 0 Å². The molecule has 0 aliphatic rings. The normalized spacial score (nSPS) is 9.85. The molecular formula is C17H16N2O. The fourth-order valence-electron chi connectivity index (χ4n) is 2.00. The number of nitriles is 1. The van der Waals surface area contributed by atoms with Crippen LogP contribution in [0.15, 0.2) is 42.5 Å². The van der Waals surface area contributed by atoms with Crippen molar-refractivity contribution in [1.82, 2.24) is 0 Å². The highest BCUT2D eigenvalue weighted by molar-refractivity contribution is 5.92. The van der Waals surface area contributed by atoms with Crippen LogP contribution in [0.25, 0.3) is 0 Å². The number of hydrogen-bond donors (Lipinski definition) is 1. The van der Waals surface area contributed by atoms with Crippen molar-refractivity contribution in [3.63, 3.8) is 0 Å². The molecular weight excluding hydrogens is 248 g/mol. The number of rotatable bonds is 3. The maximum atomic E-state index is 12.0. The first-order valence-electron chi connectivity index (χ1n) is 6.44. The lowest BCUT2D eigenvalue weighted by molar-refractivity contribution is -0.115. The van der Waals surface area contributed by atoms with Gasteiger partial charge in [0.15, 0.2) is 0 Å². The number of nitrogens with one attached hydrogen (secondary N) is 1. The molecule has 0 aliphatic heterocycles. The first kappa shape index (κ1) is 13.8. The Kier molecular flexibility index (Phi) is 4.17. The average Bonchev–Trinajstić information content (AvgIpc) is 2.43. The number of carbonyl (C=O) groups excluding carboxylic acids is 1. The number of nitrogens with zero attached hydrogens (tertiary/aromatic N) is 1. The minimum Gasteiger partial charge on any atom is -0.326 e. The molecule has 3 heteroatoms. The number of amides is 1. The van der Waals surface area contributed by atoms with Gasteiger partial charge in [-0.1, -0.05) is 23.8 Å². The SMILES string of the molecule is Cc1ccc(C)c(CC(=O)Nc2ccc(C#N)cc2)c1. The van der Waals surface area contributed by atoms with Crippen molar-refractivity contribution >= 4 is 11.6 Å². The van der Waals surface area contributed by atoms with Gasteiger partial charge < -0.3 is 5.32 Å². The fraction of sp³-hybridized carbons (Fsp3) is 0.176. The van der Waals surface area contributed by atoms with Crippen LogP contribution in [0, 0.1) is 25.2 Å². The molecule has 0 saturated heterocycles. The molecule has 2 aromatic carbocycles. The van der Waals surface area contributed by atoms with E-state index in [9.17, 15) is 4.79 Å². The van der Waals surface area contributed by atoms with Gasteiger partial charge in [0.25, 0.3) is 0 Å². The van der Waals surface area contributed by atoms with Crippen LogP contribution in [0.5, 0.6) is 0 Å². The molecule has 0 bridgehead atoms. The minimum absolute atomic E-state index is 0.0524. The molecule has 0 saturated carbocycles. The van der Waals surface area contributed by atoms with Crippen molar-refractivity contribution in [2.45, 2.75) is 20.3 Å². The molecule has 1 amide bonds. The summed E-state index contributed by atoms with van der Waals surface area (Å²) in [4.78, 5) is 12.0. The van der Waals surface area contributed by atoms with Crippen LogP contribution in [0.4, 0.5) is 5.69 Å². The lowest BCUT2D eigenvalue weighted by Crippen LogP contribution is -2.15. The van der Waals surface area contributed by atoms with Crippen molar-refractivity contribution < 1.29 is 4.79 Å². The monoisotopic (exact) mass is 264 g/mol. The summed E-state index contributed by atoms with van der Waals surface area (Å²) in [7, 11) is 0. The van der Waals surface area contributed by atoms with E-state index in [2.05, 4.69) is 5.32 Å². The van der Waals surface area contributed by atoms with E-state index in [0.717, 1.165) is 16.7 Å². The van der Waals surface area contributed by atoms with Crippen molar-refractivity contribution in [1.29, 1.82) is 5.26 Å². The Balaban J connectivity index is 2.05. The molecule has 0 aromatic heterocycles. The van der Waals surface area contributed by atoms with Crippen LogP contribution in [-0.2, 0) is 11.2 Å². The van der Waals surface area contributed by atoms with E-state index in [-0.39, 0.29) is 5.91 Å². The molecule has 0 aliphatic carbocycles. The van der Waals surface area contributed by atoms with E-state index in [1.54, 1.807) is 24.3 Å². The number of benzene rings is 2. The summed E-state index contributed by atoms with van der Waals surface area (Å²) in [5, 5.41) is 11.6. The maximum Gasteiger partial charge on any atom is 0.228 e. The number of aryl methyl sites for hydroxylation is 2. The van der Waals surface area contributed by atoms with Gasteiger partial charge in [0.2, 0.25) is 5.91 Å². The van der Waals surface area contributed by atoms with E-state index in [1.807, 2.05) is 38.1 Å². The Labute approximate surface area is 118 Å². The lowest BCUT2D eigenvalue weighted by atomic mass is 10.0. The largest absolute Gasteiger partial charge is 0.326 e. The second kappa shape index (κ2) is 6.03. The number of hydrogen-bond acceptors (Lipinski definition) is 2. The van der Waals surface area contributed by atoms with Gasteiger partial charge in [-0.25, -0.2) is 0 Å². The average molecular weight is 264 g/mol. The summed E-state index contributed by atoms with van der Waals surface area (Å²) in [6.45, 7) is 4.02. The Bertz CT molecular complexity index is 666. The molecule has 0 atom stereocenters. The highest BCUT2D eigenvalue weighted by Crippen LogP contribution is 2.13. The zero-order chi connectivity index (χ0) is 14.5. The Morgan fingerprint density at radius 2 is 1.85 bits per heavy atom. The minimum atomic E-state index is -0.0524. The van der Waals surface area contributed by atoms with Crippen LogP contribution in [0.3, 0.4) is 0 Å². The van der Waals surface area contributed by atoms with Crippen molar-refractivity contribution in [3.05, 3.63) is 64.7 Å². The second-order valence-electron chi connectivity index (χ2n) is 4.84. The Hall–Kier alpha value is -2.60. The zero-order valence-electron chi connectivity index (χ0n) is 11.6. The third-order valence-electron chi connectivity index (χ3n) is 3.15. The van der Waals surface area contributed by atoms with E-state index in [1.165, 1.54) is 0 Å². The van der Waals surface area contributed by atoms with Gasteiger partial charge in [0, 0.05) is 5.69 Å². The summed E-state index contributed by atoms with van der Waals surface area (Å²) in [5.74, 6) is -0.0524. The fourth-order valence-corrected chi connectivity index (χ4v) is 2.00. The molecule has 2 rings (SSSR count). The van der Waals surface area contributed by atoms with E-state index in [4.69, 9.17) is 5.26 Å². The van der Waals surface area contributed by atoms with Crippen molar-refractivity contribution in [2.75, 3.05) is 5.32 Å². The highest BCUT2D eigenvalue weighted by Gasteiger charge is 2.07. The second-order valence-corrected chi connectivity index (χ2v) is 4.84. The summed E-state index contributed by atoms with van der Waals surface area (Å²) in [6.07, 6.45) is 0.355.